The lowest BCUT2D eigenvalue weighted by molar-refractivity contribution is 0.0950. The van der Waals surface area contributed by atoms with E-state index >= 15 is 0 Å². The van der Waals surface area contributed by atoms with Gasteiger partial charge in [0.05, 0.1) is 31.4 Å². The van der Waals surface area contributed by atoms with Crippen molar-refractivity contribution in [2.75, 3.05) is 7.11 Å². The SMILES string of the molecule is COc1cc(-c2cc(C(=O)N/N=C/c3ccco3)[nH]n2)ccc1OC(C)C. The molecule has 0 fully saturated rings. The predicted molar refractivity (Wildman–Crippen MR) is 100 cm³/mol. The van der Waals surface area contributed by atoms with Crippen molar-refractivity contribution in [3.63, 3.8) is 0 Å². The number of amides is 1. The highest BCUT2D eigenvalue weighted by Crippen LogP contribution is 2.32. The van der Waals surface area contributed by atoms with Crippen molar-refractivity contribution in [3.8, 4) is 22.8 Å². The van der Waals surface area contributed by atoms with Gasteiger partial charge in [0, 0.05) is 5.56 Å². The Bertz CT molecular complexity index is 929. The number of methoxy groups -OCH3 is 1. The number of H-pyrrole nitrogens is 1. The highest BCUT2D eigenvalue weighted by Gasteiger charge is 2.13. The van der Waals surface area contributed by atoms with Crippen LogP contribution in [0.2, 0.25) is 0 Å². The van der Waals surface area contributed by atoms with Crippen molar-refractivity contribution in [2.45, 2.75) is 20.0 Å². The van der Waals surface area contributed by atoms with Crippen LogP contribution < -0.4 is 14.9 Å². The van der Waals surface area contributed by atoms with Crippen molar-refractivity contribution in [1.29, 1.82) is 0 Å². The first-order valence-electron chi connectivity index (χ1n) is 8.34. The third-order valence-corrected chi connectivity index (χ3v) is 3.55. The Morgan fingerprint density at radius 1 is 1.30 bits per heavy atom. The van der Waals surface area contributed by atoms with Crippen LogP contribution in [0.4, 0.5) is 0 Å². The summed E-state index contributed by atoms with van der Waals surface area (Å²) in [5, 5.41) is 10.7. The van der Waals surface area contributed by atoms with Gasteiger partial charge in [-0.1, -0.05) is 0 Å². The second-order valence-electron chi connectivity index (χ2n) is 5.91. The van der Waals surface area contributed by atoms with E-state index in [4.69, 9.17) is 13.9 Å². The number of nitrogens with zero attached hydrogens (tertiary/aromatic N) is 2. The molecule has 2 aromatic heterocycles. The largest absolute Gasteiger partial charge is 0.493 e. The molecule has 2 N–H and O–H groups in total. The van der Waals surface area contributed by atoms with Gasteiger partial charge in [-0.05, 0) is 50.2 Å². The lowest BCUT2D eigenvalue weighted by atomic mass is 10.1. The van der Waals surface area contributed by atoms with Gasteiger partial charge in [0.2, 0.25) is 0 Å². The normalized spacial score (nSPS) is 11.1. The van der Waals surface area contributed by atoms with E-state index in [1.54, 1.807) is 25.3 Å². The van der Waals surface area contributed by atoms with E-state index < -0.39 is 5.91 Å². The minimum absolute atomic E-state index is 0.0344. The highest BCUT2D eigenvalue weighted by molar-refractivity contribution is 5.94. The standard InChI is InChI=1S/C19H20N4O4/c1-12(2)27-17-7-6-13(9-18(17)25-3)15-10-16(22-21-15)19(24)23-20-11-14-5-4-8-26-14/h4-12H,1-3H3,(H,21,22)(H,23,24)/b20-11+. The van der Waals surface area contributed by atoms with E-state index in [1.807, 2.05) is 32.0 Å². The molecule has 3 rings (SSSR count). The summed E-state index contributed by atoms with van der Waals surface area (Å²) >= 11 is 0. The quantitative estimate of drug-likeness (QED) is 0.492. The Labute approximate surface area is 156 Å². The van der Waals surface area contributed by atoms with Crippen LogP contribution >= 0.6 is 0 Å². The maximum Gasteiger partial charge on any atom is 0.289 e. The van der Waals surface area contributed by atoms with E-state index in [2.05, 4.69) is 20.7 Å². The molecule has 3 aromatic rings. The van der Waals surface area contributed by atoms with Crippen molar-refractivity contribution >= 4 is 12.1 Å². The Hall–Kier alpha value is -3.55. The molecule has 8 heteroatoms. The fourth-order valence-corrected chi connectivity index (χ4v) is 2.34. The molecule has 0 spiro atoms. The Kier molecular flexibility index (Phi) is 5.55. The van der Waals surface area contributed by atoms with E-state index in [1.165, 1.54) is 12.5 Å². The molecule has 140 valence electrons. The van der Waals surface area contributed by atoms with Crippen LogP contribution in [0.15, 0.2) is 52.2 Å². The molecule has 0 unspecified atom stereocenters. The Balaban J connectivity index is 1.72. The Morgan fingerprint density at radius 2 is 2.15 bits per heavy atom. The number of rotatable bonds is 7. The molecule has 0 aliphatic rings. The third kappa shape index (κ3) is 4.55. The zero-order valence-electron chi connectivity index (χ0n) is 15.2. The number of carbonyl (C=O) groups is 1. The molecule has 0 saturated carbocycles. The van der Waals surface area contributed by atoms with Crippen LogP contribution in [0.25, 0.3) is 11.3 Å². The van der Waals surface area contributed by atoms with Gasteiger partial charge >= 0.3 is 0 Å². The van der Waals surface area contributed by atoms with E-state index in [-0.39, 0.29) is 11.8 Å². The molecule has 1 aromatic carbocycles. The van der Waals surface area contributed by atoms with Crippen LogP contribution in [-0.2, 0) is 0 Å². The minimum atomic E-state index is -0.414. The number of hydrazone groups is 1. The molecule has 0 atom stereocenters. The van der Waals surface area contributed by atoms with Crippen molar-refractivity contribution in [3.05, 3.63) is 54.1 Å². The summed E-state index contributed by atoms with van der Waals surface area (Å²) < 4.78 is 16.2. The first-order valence-corrected chi connectivity index (χ1v) is 8.34. The van der Waals surface area contributed by atoms with Gasteiger partial charge < -0.3 is 13.9 Å². The average molecular weight is 368 g/mol. The van der Waals surface area contributed by atoms with Gasteiger partial charge in [0.25, 0.3) is 5.91 Å². The van der Waals surface area contributed by atoms with Gasteiger partial charge in [0.15, 0.2) is 11.5 Å². The topological polar surface area (TPSA) is 102 Å². The molecule has 8 nitrogen and oxygen atoms in total. The van der Waals surface area contributed by atoms with Crippen molar-refractivity contribution in [1.82, 2.24) is 15.6 Å². The molecule has 0 aliphatic heterocycles. The Morgan fingerprint density at radius 3 is 2.85 bits per heavy atom. The predicted octanol–water partition coefficient (Wildman–Crippen LogP) is 3.23. The molecule has 0 radical (unpaired) electrons. The van der Waals surface area contributed by atoms with Crippen LogP contribution in [0.3, 0.4) is 0 Å². The number of aromatic nitrogens is 2. The van der Waals surface area contributed by atoms with Gasteiger partial charge in [-0.25, -0.2) is 5.43 Å². The zero-order valence-corrected chi connectivity index (χ0v) is 15.2. The summed E-state index contributed by atoms with van der Waals surface area (Å²) in [4.78, 5) is 12.1. The van der Waals surface area contributed by atoms with Crippen LogP contribution in [-0.4, -0.2) is 35.5 Å². The monoisotopic (exact) mass is 368 g/mol. The second-order valence-corrected chi connectivity index (χ2v) is 5.91. The molecule has 0 aliphatic carbocycles. The van der Waals surface area contributed by atoms with Crippen molar-refractivity contribution < 1.29 is 18.7 Å². The third-order valence-electron chi connectivity index (χ3n) is 3.55. The first kappa shape index (κ1) is 18.2. The number of ether oxygens (including phenoxy) is 2. The number of aromatic amines is 1. The van der Waals surface area contributed by atoms with E-state index in [0.717, 1.165) is 5.56 Å². The molecule has 2 heterocycles. The number of hydrogen-bond acceptors (Lipinski definition) is 6. The zero-order chi connectivity index (χ0) is 19.2. The summed E-state index contributed by atoms with van der Waals surface area (Å²) in [6.07, 6.45) is 2.97. The fraction of sp³-hybridized carbons (Fsp3) is 0.211. The molecule has 27 heavy (non-hydrogen) atoms. The highest BCUT2D eigenvalue weighted by atomic mass is 16.5. The van der Waals surface area contributed by atoms with Crippen LogP contribution in [0, 0.1) is 0 Å². The smallest absolute Gasteiger partial charge is 0.289 e. The van der Waals surface area contributed by atoms with E-state index in [9.17, 15) is 4.79 Å². The summed E-state index contributed by atoms with van der Waals surface area (Å²) in [6.45, 7) is 3.89. The van der Waals surface area contributed by atoms with Gasteiger partial charge in [-0.2, -0.15) is 10.2 Å². The average Bonchev–Trinajstić information content (AvgIpc) is 3.33. The summed E-state index contributed by atoms with van der Waals surface area (Å²) in [5.74, 6) is 1.37. The van der Waals surface area contributed by atoms with Gasteiger partial charge in [-0.3, -0.25) is 9.89 Å². The molecular formula is C19H20N4O4. The number of carbonyl (C=O) groups excluding carboxylic acids is 1. The number of nitrogens with one attached hydrogen (secondary N) is 2. The van der Waals surface area contributed by atoms with Gasteiger partial charge in [-0.15, -0.1) is 0 Å². The summed E-state index contributed by atoms with van der Waals surface area (Å²) in [6, 6.07) is 10.6. The van der Waals surface area contributed by atoms with Crippen LogP contribution in [0.5, 0.6) is 11.5 Å². The maximum atomic E-state index is 12.1. The lowest BCUT2D eigenvalue weighted by Gasteiger charge is -2.14. The minimum Gasteiger partial charge on any atom is -0.493 e. The van der Waals surface area contributed by atoms with Gasteiger partial charge in [0.1, 0.15) is 11.5 Å². The number of benzene rings is 1. The lowest BCUT2D eigenvalue weighted by Crippen LogP contribution is -2.17. The molecule has 0 saturated heterocycles. The molecular weight excluding hydrogens is 348 g/mol. The van der Waals surface area contributed by atoms with E-state index in [0.29, 0.717) is 23.0 Å². The molecule has 1 amide bonds. The second kappa shape index (κ2) is 8.22. The first-order chi connectivity index (χ1) is 13.1. The number of furan rings is 1. The number of hydrogen-bond donors (Lipinski definition) is 2. The summed E-state index contributed by atoms with van der Waals surface area (Å²) in [5.41, 5.74) is 4.08. The maximum absolute atomic E-state index is 12.1. The van der Waals surface area contributed by atoms with Crippen molar-refractivity contribution in [2.24, 2.45) is 5.10 Å². The molecule has 0 bridgehead atoms. The fourth-order valence-electron chi connectivity index (χ4n) is 2.34. The summed E-state index contributed by atoms with van der Waals surface area (Å²) in [7, 11) is 1.58. The van der Waals surface area contributed by atoms with Crippen LogP contribution in [0.1, 0.15) is 30.1 Å².